The second-order valence-corrected chi connectivity index (χ2v) is 17.0. The third-order valence-corrected chi connectivity index (χ3v) is 10.9. The molecule has 0 aliphatic carbocycles. The number of rotatable bonds is 21. The van der Waals surface area contributed by atoms with Gasteiger partial charge in [-0.05, 0) is 27.2 Å². The Labute approximate surface area is 393 Å². The summed E-state index contributed by atoms with van der Waals surface area (Å²) in [5, 5.41) is 66.7. The van der Waals surface area contributed by atoms with E-state index in [-0.39, 0.29) is 6.42 Å². The van der Waals surface area contributed by atoms with Gasteiger partial charge in [-0.1, -0.05) is 71.1 Å². The molecular weight excluding hydrogens is 903 g/mol. The number of carboxylic acids is 1. The van der Waals surface area contributed by atoms with Crippen molar-refractivity contribution in [3.05, 3.63) is 0 Å². The van der Waals surface area contributed by atoms with E-state index in [2.05, 4.69) is 28.2 Å². The van der Waals surface area contributed by atoms with Gasteiger partial charge in [0.15, 0.2) is 6.04 Å². The molecule has 9 amide bonds. The lowest BCUT2D eigenvalue weighted by Gasteiger charge is -2.34. The summed E-state index contributed by atoms with van der Waals surface area (Å²) >= 11 is 0. The van der Waals surface area contributed by atoms with Crippen molar-refractivity contribution in [2.45, 2.75) is 184 Å². The van der Waals surface area contributed by atoms with E-state index in [0.29, 0.717) is 12.8 Å². The van der Waals surface area contributed by atoms with Crippen LogP contribution >= 0.6 is 0 Å². The minimum absolute atomic E-state index is 0.0389. The average molecular weight is 974 g/mol. The van der Waals surface area contributed by atoms with Crippen LogP contribution in [0.3, 0.4) is 0 Å². The molecule has 68 heavy (non-hydrogen) atoms. The summed E-state index contributed by atoms with van der Waals surface area (Å²) in [6.45, 7) is 3.25. The highest BCUT2D eigenvalue weighted by Crippen LogP contribution is 2.25. The van der Waals surface area contributed by atoms with E-state index in [1.165, 1.54) is 13.3 Å². The summed E-state index contributed by atoms with van der Waals surface area (Å²) in [6.07, 6.45) is 1.88. The van der Waals surface area contributed by atoms with Crippen molar-refractivity contribution in [1.82, 2.24) is 37.2 Å². The second-order valence-electron chi connectivity index (χ2n) is 17.0. The van der Waals surface area contributed by atoms with Crippen LogP contribution in [0.4, 0.5) is 0 Å². The monoisotopic (exact) mass is 973 g/mol. The number of hydrogen-bond donors (Lipinski definition) is 14. The molecule has 0 saturated carbocycles. The second kappa shape index (κ2) is 30.4. The van der Waals surface area contributed by atoms with Crippen LogP contribution in [0.1, 0.15) is 124 Å². The first-order valence-corrected chi connectivity index (χ1v) is 22.6. The highest BCUT2D eigenvalue weighted by atomic mass is 16.6. The van der Waals surface area contributed by atoms with Crippen molar-refractivity contribution in [2.24, 2.45) is 11.5 Å². The van der Waals surface area contributed by atoms with Gasteiger partial charge in [0.25, 0.3) is 0 Å². The molecule has 0 bridgehead atoms. The van der Waals surface area contributed by atoms with Crippen LogP contribution in [0.15, 0.2) is 0 Å². The predicted molar refractivity (Wildman–Crippen MR) is 236 cm³/mol. The van der Waals surface area contributed by atoms with E-state index in [4.69, 9.17) is 16.2 Å². The molecule has 0 unspecified atom stereocenters. The minimum atomic E-state index is -2.02. The van der Waals surface area contributed by atoms with Crippen molar-refractivity contribution in [2.75, 3.05) is 13.2 Å². The summed E-state index contributed by atoms with van der Waals surface area (Å²) in [4.78, 5) is 143. The number of amides is 9. The quantitative estimate of drug-likeness (QED) is 0.0380. The van der Waals surface area contributed by atoms with Crippen LogP contribution < -0.4 is 48.7 Å². The molecule has 1 aliphatic heterocycles. The van der Waals surface area contributed by atoms with Crippen molar-refractivity contribution in [1.29, 1.82) is 0 Å². The van der Waals surface area contributed by atoms with Gasteiger partial charge in [0.2, 0.25) is 53.2 Å². The van der Waals surface area contributed by atoms with Gasteiger partial charge in [0, 0.05) is 0 Å². The molecule has 10 atom stereocenters. The summed E-state index contributed by atoms with van der Waals surface area (Å²) in [6, 6.07) is -13.5. The molecular formula is C42H71N9O17. The number of esters is 1. The topological polar surface area (TPSA) is 434 Å². The predicted octanol–water partition coefficient (Wildman–Crippen LogP) is -4.63. The van der Waals surface area contributed by atoms with E-state index in [9.17, 15) is 78.3 Å². The van der Waals surface area contributed by atoms with Gasteiger partial charge in [-0.25, -0.2) is 4.79 Å². The number of carbonyl (C=O) groups excluding carboxylic acids is 10. The molecule has 1 rings (SSSR count). The summed E-state index contributed by atoms with van der Waals surface area (Å²) < 4.78 is 5.58. The van der Waals surface area contributed by atoms with Gasteiger partial charge in [-0.2, -0.15) is 0 Å². The Balaban J connectivity index is 3.72. The summed E-state index contributed by atoms with van der Waals surface area (Å²) in [7, 11) is 0. The fraction of sp³-hybridized carbons (Fsp3) is 0.738. The average Bonchev–Trinajstić information content (AvgIpc) is 3.24. The zero-order valence-corrected chi connectivity index (χ0v) is 39.0. The maximum atomic E-state index is 13.7. The largest absolute Gasteiger partial charge is 0.481 e. The molecule has 0 aromatic heterocycles. The zero-order chi connectivity index (χ0) is 51.7. The molecule has 1 saturated heterocycles. The fourth-order valence-electron chi connectivity index (χ4n) is 6.87. The molecule has 26 heteroatoms. The molecule has 0 aromatic carbocycles. The first-order chi connectivity index (χ1) is 31.9. The number of aliphatic hydroxyl groups is 4. The Morgan fingerprint density at radius 2 is 1.03 bits per heavy atom. The van der Waals surface area contributed by atoms with Crippen molar-refractivity contribution in [3.63, 3.8) is 0 Å². The summed E-state index contributed by atoms with van der Waals surface area (Å²) in [5.74, 6) is -14.5. The van der Waals surface area contributed by atoms with Gasteiger partial charge < -0.3 is 79.0 Å². The Kier molecular flexibility index (Phi) is 26.8. The van der Waals surface area contributed by atoms with E-state index >= 15 is 0 Å². The number of nitrogens with one attached hydrogen (secondary N) is 7. The molecule has 16 N–H and O–H groups in total. The van der Waals surface area contributed by atoms with E-state index < -0.39 is 164 Å². The van der Waals surface area contributed by atoms with Crippen LogP contribution in [0.5, 0.6) is 0 Å². The standard InChI is InChI=1S/C42H71N9O17/c1-5-6-7-8-9-10-11-12-13-14-15-42(4,67)29-19-32(57)46-27(20-52)39(64)45-22(2)35(60)47-26(18-33(58)59)38(63)49-24(16-30(43)55)36(61)48-25(17-31(44)56)37(62)50-28(21-53)40(65)51-34(23(3)54)41(66)68-29/h22-29,34,52-54,67H,5-21H2,1-4H3,(H2,43,55)(H2,44,56)(H,45,64)(H,46,57)(H,47,60)(H,48,61)(H,49,63)(H,50,62)(H,51,65)(H,58,59)/t22-,23+,24-,25-,26+,27+,28+,29+,34+,42+/m0/s1. The number of carbonyl (C=O) groups is 11. The lowest BCUT2D eigenvalue weighted by molar-refractivity contribution is -0.172. The van der Waals surface area contributed by atoms with Crippen molar-refractivity contribution < 1.29 is 83.0 Å². The maximum absolute atomic E-state index is 13.7. The van der Waals surface area contributed by atoms with Crippen LogP contribution in [0.2, 0.25) is 0 Å². The summed E-state index contributed by atoms with van der Waals surface area (Å²) in [5.41, 5.74) is 8.55. The Bertz CT molecular complexity index is 1760. The number of nitrogens with two attached hydrogens (primary N) is 2. The van der Waals surface area contributed by atoms with Gasteiger partial charge in [0.05, 0.1) is 50.6 Å². The Hall–Kier alpha value is -5.99. The SMILES string of the molecule is CCCCCCCCCCCC[C@@](C)(O)[C@H]1CC(=O)N[C@H](CO)C(=O)N[C@@H](C)C(=O)N[C@H](CC(=O)O)C(=O)N[C@@H](CC(N)=O)C(=O)N[C@@H](CC(N)=O)C(=O)N[C@H](CO)C(=O)N[C@H]([C@@H](C)O)C(=O)O1. The van der Waals surface area contributed by atoms with Crippen molar-refractivity contribution >= 4 is 65.1 Å². The highest BCUT2D eigenvalue weighted by molar-refractivity contribution is 6.00. The van der Waals surface area contributed by atoms with Crippen LogP contribution in [-0.4, -0.2) is 164 Å². The van der Waals surface area contributed by atoms with Crippen LogP contribution in [0.25, 0.3) is 0 Å². The molecule has 0 aromatic rings. The number of ether oxygens (including phenoxy) is 1. The van der Waals surface area contributed by atoms with Crippen molar-refractivity contribution in [3.8, 4) is 0 Å². The van der Waals surface area contributed by atoms with Gasteiger partial charge in [-0.3, -0.25) is 47.9 Å². The lowest BCUT2D eigenvalue weighted by atomic mass is 9.89. The number of unbranched alkanes of at least 4 members (excludes halogenated alkanes) is 9. The highest BCUT2D eigenvalue weighted by Gasteiger charge is 2.41. The normalized spacial score (nSPS) is 25.8. The van der Waals surface area contributed by atoms with Gasteiger partial charge in [0.1, 0.15) is 42.4 Å². The third-order valence-electron chi connectivity index (χ3n) is 10.9. The third kappa shape index (κ3) is 22.2. The fourth-order valence-corrected chi connectivity index (χ4v) is 6.87. The van der Waals surface area contributed by atoms with Crippen LogP contribution in [0, 0.1) is 0 Å². The maximum Gasteiger partial charge on any atom is 0.331 e. The molecule has 1 heterocycles. The van der Waals surface area contributed by atoms with Gasteiger partial charge >= 0.3 is 11.9 Å². The molecule has 26 nitrogen and oxygen atoms in total. The number of carboxylic acid groups (broad SMARTS) is 1. The number of cyclic esters (lactones) is 1. The van der Waals surface area contributed by atoms with E-state index in [1.54, 1.807) is 0 Å². The lowest BCUT2D eigenvalue weighted by Crippen LogP contribution is -2.61. The Morgan fingerprint density at radius 1 is 0.632 bits per heavy atom. The minimum Gasteiger partial charge on any atom is -0.481 e. The molecule has 386 valence electrons. The smallest absolute Gasteiger partial charge is 0.331 e. The van der Waals surface area contributed by atoms with E-state index in [0.717, 1.165) is 58.8 Å². The van der Waals surface area contributed by atoms with Crippen LogP contribution in [-0.2, 0) is 57.5 Å². The van der Waals surface area contributed by atoms with E-state index in [1.807, 2.05) is 16.0 Å². The molecule has 0 spiro atoms. The number of aliphatic hydroxyl groups excluding tert-OH is 3. The first-order valence-electron chi connectivity index (χ1n) is 22.6. The Morgan fingerprint density at radius 3 is 1.47 bits per heavy atom. The molecule has 1 fully saturated rings. The number of hydrogen-bond acceptors (Lipinski definition) is 16. The number of aliphatic carboxylic acids is 1. The van der Waals surface area contributed by atoms with Gasteiger partial charge in [-0.15, -0.1) is 0 Å². The first kappa shape index (κ1) is 60.0. The zero-order valence-electron chi connectivity index (χ0n) is 39.0. The molecule has 0 radical (unpaired) electrons. The molecule has 1 aliphatic rings. The number of primary amides is 2.